The highest BCUT2D eigenvalue weighted by Gasteiger charge is 2.31. The Labute approximate surface area is 129 Å². The molecule has 0 aromatic heterocycles. The van der Waals surface area contributed by atoms with Gasteiger partial charge in [0.15, 0.2) is 0 Å². The predicted molar refractivity (Wildman–Crippen MR) is 90.0 cm³/mol. The van der Waals surface area contributed by atoms with E-state index in [1.54, 1.807) is 0 Å². The lowest BCUT2D eigenvalue weighted by molar-refractivity contribution is 0.149. The molecule has 2 fully saturated rings. The summed E-state index contributed by atoms with van der Waals surface area (Å²) < 4.78 is 0. The summed E-state index contributed by atoms with van der Waals surface area (Å²) in [5, 5.41) is 3.86. The van der Waals surface area contributed by atoms with Gasteiger partial charge in [-0.05, 0) is 42.4 Å². The van der Waals surface area contributed by atoms with E-state index >= 15 is 0 Å². The summed E-state index contributed by atoms with van der Waals surface area (Å²) in [7, 11) is 0. The summed E-state index contributed by atoms with van der Waals surface area (Å²) in [6.45, 7) is 0.994. The second-order valence-electron chi connectivity index (χ2n) is 7.08. The van der Waals surface area contributed by atoms with Crippen molar-refractivity contribution >= 4 is 5.69 Å². The fraction of sp³-hybridized carbons (Fsp3) is 0.684. The average molecular weight is 286 g/mol. The molecule has 2 heteroatoms. The standard InChI is InChI=1S/C19H30N2/c20-17-12-10-15(11-13-17)14-21-19-9-5-4-8-18(19)16-6-2-1-3-7-16/h10-13,16,18-19,21H,1-9,14,20H2. The first-order valence-corrected chi connectivity index (χ1v) is 8.91. The molecule has 116 valence electrons. The van der Waals surface area contributed by atoms with E-state index in [9.17, 15) is 0 Å². The number of nitrogen functional groups attached to an aromatic ring is 1. The van der Waals surface area contributed by atoms with E-state index in [2.05, 4.69) is 17.4 Å². The molecule has 1 aromatic rings. The number of benzene rings is 1. The van der Waals surface area contributed by atoms with Gasteiger partial charge >= 0.3 is 0 Å². The fourth-order valence-corrected chi connectivity index (χ4v) is 4.42. The minimum atomic E-state index is 0.736. The Morgan fingerprint density at radius 2 is 1.52 bits per heavy atom. The maximum atomic E-state index is 5.76. The minimum Gasteiger partial charge on any atom is -0.399 e. The van der Waals surface area contributed by atoms with Crippen molar-refractivity contribution in [3.63, 3.8) is 0 Å². The van der Waals surface area contributed by atoms with E-state index in [-0.39, 0.29) is 0 Å². The zero-order chi connectivity index (χ0) is 14.5. The molecule has 3 N–H and O–H groups in total. The molecule has 0 saturated heterocycles. The van der Waals surface area contributed by atoms with E-state index in [0.29, 0.717) is 0 Å². The van der Waals surface area contributed by atoms with Crippen LogP contribution in [0, 0.1) is 11.8 Å². The summed E-state index contributed by atoms with van der Waals surface area (Å²) >= 11 is 0. The van der Waals surface area contributed by atoms with E-state index in [1.165, 1.54) is 63.4 Å². The molecule has 2 aliphatic rings. The number of nitrogens with two attached hydrogens (primary N) is 1. The predicted octanol–water partition coefficient (Wildman–Crippen LogP) is 4.50. The van der Waals surface area contributed by atoms with Crippen LogP contribution in [0.5, 0.6) is 0 Å². The number of anilines is 1. The minimum absolute atomic E-state index is 0.736. The molecule has 2 atom stereocenters. The second-order valence-corrected chi connectivity index (χ2v) is 7.08. The largest absolute Gasteiger partial charge is 0.399 e. The van der Waals surface area contributed by atoms with Crippen molar-refractivity contribution in [3.8, 4) is 0 Å². The topological polar surface area (TPSA) is 38.0 Å². The summed E-state index contributed by atoms with van der Waals surface area (Å²) in [5.74, 6) is 1.91. The first-order chi connectivity index (χ1) is 10.3. The number of nitrogens with one attached hydrogen (secondary N) is 1. The Hall–Kier alpha value is -1.02. The third kappa shape index (κ3) is 4.00. The number of hydrogen-bond donors (Lipinski definition) is 2. The van der Waals surface area contributed by atoms with Crippen molar-refractivity contribution in [1.82, 2.24) is 5.32 Å². The van der Waals surface area contributed by atoms with Gasteiger partial charge in [-0.3, -0.25) is 0 Å². The molecule has 1 aromatic carbocycles. The van der Waals surface area contributed by atoms with Crippen LogP contribution in [-0.2, 0) is 6.54 Å². The Balaban J connectivity index is 1.57. The van der Waals surface area contributed by atoms with Gasteiger partial charge in [0, 0.05) is 18.3 Å². The zero-order valence-electron chi connectivity index (χ0n) is 13.2. The normalized spacial score (nSPS) is 27.6. The van der Waals surface area contributed by atoms with Gasteiger partial charge in [0.2, 0.25) is 0 Å². The van der Waals surface area contributed by atoms with E-state index in [4.69, 9.17) is 5.73 Å². The van der Waals surface area contributed by atoms with Crippen LogP contribution < -0.4 is 11.1 Å². The maximum Gasteiger partial charge on any atom is 0.0314 e. The quantitative estimate of drug-likeness (QED) is 0.800. The second kappa shape index (κ2) is 7.31. The van der Waals surface area contributed by atoms with Crippen molar-refractivity contribution in [2.45, 2.75) is 70.4 Å². The number of hydrogen-bond acceptors (Lipinski definition) is 2. The van der Waals surface area contributed by atoms with Crippen LogP contribution in [0.1, 0.15) is 63.4 Å². The van der Waals surface area contributed by atoms with Gasteiger partial charge in [0.1, 0.15) is 0 Å². The third-order valence-electron chi connectivity index (χ3n) is 5.62. The molecular weight excluding hydrogens is 256 g/mol. The van der Waals surface area contributed by atoms with Gasteiger partial charge < -0.3 is 11.1 Å². The molecule has 0 radical (unpaired) electrons. The zero-order valence-corrected chi connectivity index (χ0v) is 13.2. The van der Waals surface area contributed by atoms with Crippen LogP contribution in [0.3, 0.4) is 0 Å². The van der Waals surface area contributed by atoms with Crippen LogP contribution in [0.4, 0.5) is 5.69 Å². The van der Waals surface area contributed by atoms with Crippen LogP contribution >= 0.6 is 0 Å². The molecule has 2 nitrogen and oxygen atoms in total. The molecule has 2 saturated carbocycles. The molecule has 0 spiro atoms. The van der Waals surface area contributed by atoms with Crippen LogP contribution in [0.15, 0.2) is 24.3 Å². The summed E-state index contributed by atoms with van der Waals surface area (Å²) in [6.07, 6.45) is 13.0. The van der Waals surface area contributed by atoms with Crippen molar-refractivity contribution in [2.75, 3.05) is 5.73 Å². The van der Waals surface area contributed by atoms with Crippen LogP contribution in [0.2, 0.25) is 0 Å². The molecule has 0 heterocycles. The molecule has 3 rings (SSSR count). The van der Waals surface area contributed by atoms with Crippen LogP contribution in [0.25, 0.3) is 0 Å². The highest BCUT2D eigenvalue weighted by atomic mass is 14.9. The van der Waals surface area contributed by atoms with Crippen molar-refractivity contribution in [2.24, 2.45) is 11.8 Å². The first-order valence-electron chi connectivity index (χ1n) is 8.91. The molecule has 0 amide bonds. The molecule has 2 unspecified atom stereocenters. The lowest BCUT2D eigenvalue weighted by atomic mass is 9.71. The highest BCUT2D eigenvalue weighted by molar-refractivity contribution is 5.39. The van der Waals surface area contributed by atoms with E-state index in [1.807, 2.05) is 12.1 Å². The van der Waals surface area contributed by atoms with Gasteiger partial charge in [-0.1, -0.05) is 57.1 Å². The van der Waals surface area contributed by atoms with Gasteiger partial charge in [-0.2, -0.15) is 0 Å². The van der Waals surface area contributed by atoms with Crippen molar-refractivity contribution < 1.29 is 0 Å². The van der Waals surface area contributed by atoms with Gasteiger partial charge in [-0.15, -0.1) is 0 Å². The highest BCUT2D eigenvalue weighted by Crippen LogP contribution is 2.38. The molecule has 21 heavy (non-hydrogen) atoms. The SMILES string of the molecule is Nc1ccc(CNC2CCCCC2C2CCCCC2)cc1. The Morgan fingerprint density at radius 1 is 0.857 bits per heavy atom. The first kappa shape index (κ1) is 14.9. The van der Waals surface area contributed by atoms with Crippen molar-refractivity contribution in [1.29, 1.82) is 0 Å². The lowest BCUT2D eigenvalue weighted by Gasteiger charge is -2.39. The van der Waals surface area contributed by atoms with Crippen LogP contribution in [-0.4, -0.2) is 6.04 Å². The average Bonchev–Trinajstić information content (AvgIpc) is 2.55. The van der Waals surface area contributed by atoms with Crippen molar-refractivity contribution in [3.05, 3.63) is 29.8 Å². The molecule has 2 aliphatic carbocycles. The van der Waals surface area contributed by atoms with Gasteiger partial charge in [-0.25, -0.2) is 0 Å². The molecule has 0 aliphatic heterocycles. The van der Waals surface area contributed by atoms with Gasteiger partial charge in [0.25, 0.3) is 0 Å². The third-order valence-corrected chi connectivity index (χ3v) is 5.62. The summed E-state index contributed by atoms with van der Waals surface area (Å²) in [4.78, 5) is 0. The smallest absolute Gasteiger partial charge is 0.0314 e. The molecular formula is C19H30N2. The summed E-state index contributed by atoms with van der Waals surface area (Å²) in [6, 6.07) is 9.06. The van der Waals surface area contributed by atoms with E-state index in [0.717, 1.165) is 30.1 Å². The maximum absolute atomic E-state index is 5.76. The monoisotopic (exact) mass is 286 g/mol. The number of rotatable bonds is 4. The Bertz CT molecular complexity index is 420. The summed E-state index contributed by atoms with van der Waals surface area (Å²) in [5.41, 5.74) is 7.98. The lowest BCUT2D eigenvalue weighted by Crippen LogP contribution is -2.42. The van der Waals surface area contributed by atoms with Gasteiger partial charge in [0.05, 0.1) is 0 Å². The Kier molecular flexibility index (Phi) is 5.18. The van der Waals surface area contributed by atoms with E-state index < -0.39 is 0 Å². The Morgan fingerprint density at radius 3 is 2.29 bits per heavy atom. The molecule has 0 bridgehead atoms. The fourth-order valence-electron chi connectivity index (χ4n) is 4.42.